The molecule has 0 heterocycles. The molecule has 2 rings (SSSR count). The number of benzene rings is 1. The minimum atomic E-state index is 0.00861. The number of rotatable bonds is 0. The number of alkyl halides is 1. The smallest absolute Gasteiger partial charge is 0.176 e. The lowest BCUT2D eigenvalue weighted by Gasteiger charge is -2.18. The van der Waals surface area contributed by atoms with Gasteiger partial charge in [-0.3, -0.25) is 4.79 Å². The van der Waals surface area contributed by atoms with Crippen molar-refractivity contribution in [3.8, 4) is 0 Å². The van der Waals surface area contributed by atoms with Crippen molar-refractivity contribution < 1.29 is 4.79 Å². The first-order valence-electron chi connectivity index (χ1n) is 4.15. The van der Waals surface area contributed by atoms with Crippen LogP contribution >= 0.6 is 31.9 Å². The van der Waals surface area contributed by atoms with E-state index < -0.39 is 0 Å². The summed E-state index contributed by atoms with van der Waals surface area (Å²) in [5, 5.41) is 0. The average molecular weight is 304 g/mol. The first-order chi connectivity index (χ1) is 6.18. The molecule has 1 atom stereocenters. The van der Waals surface area contributed by atoms with Crippen LogP contribution in [-0.4, -0.2) is 10.6 Å². The van der Waals surface area contributed by atoms with Crippen LogP contribution in [-0.2, 0) is 6.42 Å². The van der Waals surface area contributed by atoms with Gasteiger partial charge in [-0.2, -0.15) is 0 Å². The Kier molecular flexibility index (Phi) is 2.56. The van der Waals surface area contributed by atoms with Crippen molar-refractivity contribution in [1.82, 2.24) is 0 Å². The Balaban J connectivity index is 2.51. The SMILES string of the molecule is O=C1c2cc(Br)ccc2CC[C@@H]1Br. The van der Waals surface area contributed by atoms with E-state index in [1.165, 1.54) is 5.56 Å². The third-order valence-electron chi connectivity index (χ3n) is 2.29. The van der Waals surface area contributed by atoms with Gasteiger partial charge < -0.3 is 0 Å². The third kappa shape index (κ3) is 1.72. The van der Waals surface area contributed by atoms with Crippen molar-refractivity contribution in [1.29, 1.82) is 0 Å². The van der Waals surface area contributed by atoms with Gasteiger partial charge in [0.2, 0.25) is 0 Å². The lowest BCUT2D eigenvalue weighted by atomic mass is 9.91. The molecule has 0 fully saturated rings. The highest BCUT2D eigenvalue weighted by atomic mass is 79.9. The van der Waals surface area contributed by atoms with E-state index in [0.717, 1.165) is 22.9 Å². The highest BCUT2D eigenvalue weighted by Crippen LogP contribution is 2.27. The number of hydrogen-bond acceptors (Lipinski definition) is 1. The highest BCUT2D eigenvalue weighted by Gasteiger charge is 2.24. The largest absolute Gasteiger partial charge is 0.293 e. The van der Waals surface area contributed by atoms with Crippen molar-refractivity contribution in [2.24, 2.45) is 0 Å². The molecule has 0 saturated heterocycles. The van der Waals surface area contributed by atoms with Gasteiger partial charge in [0.1, 0.15) is 0 Å². The molecular weight excluding hydrogens is 296 g/mol. The molecule has 68 valence electrons. The summed E-state index contributed by atoms with van der Waals surface area (Å²) in [6, 6.07) is 5.92. The first-order valence-corrected chi connectivity index (χ1v) is 5.86. The Morgan fingerprint density at radius 2 is 2.15 bits per heavy atom. The number of carbonyl (C=O) groups is 1. The molecule has 1 aliphatic carbocycles. The van der Waals surface area contributed by atoms with Crippen LogP contribution in [0.3, 0.4) is 0 Å². The molecule has 0 aromatic heterocycles. The molecule has 1 nitrogen and oxygen atoms in total. The summed E-state index contributed by atoms with van der Waals surface area (Å²) >= 11 is 6.75. The summed E-state index contributed by atoms with van der Waals surface area (Å²) in [6.45, 7) is 0. The van der Waals surface area contributed by atoms with Gasteiger partial charge in [-0.25, -0.2) is 0 Å². The maximum Gasteiger partial charge on any atom is 0.176 e. The predicted octanol–water partition coefficient (Wildman–Crippen LogP) is 3.34. The summed E-state index contributed by atoms with van der Waals surface area (Å²) < 4.78 is 0.973. The van der Waals surface area contributed by atoms with Gasteiger partial charge in [-0.1, -0.05) is 37.9 Å². The second kappa shape index (κ2) is 3.54. The van der Waals surface area contributed by atoms with Gasteiger partial charge in [-0.05, 0) is 30.5 Å². The fraction of sp³-hybridized carbons (Fsp3) is 0.300. The van der Waals surface area contributed by atoms with Crippen LogP contribution in [0.25, 0.3) is 0 Å². The van der Waals surface area contributed by atoms with Crippen molar-refractivity contribution >= 4 is 37.6 Å². The molecule has 1 aromatic rings. The zero-order valence-corrected chi connectivity index (χ0v) is 10.1. The Morgan fingerprint density at radius 3 is 2.92 bits per heavy atom. The molecule has 0 N–H and O–H groups in total. The van der Waals surface area contributed by atoms with Crippen molar-refractivity contribution in [2.75, 3.05) is 0 Å². The normalized spacial score (nSPS) is 21.4. The van der Waals surface area contributed by atoms with E-state index in [1.54, 1.807) is 0 Å². The minimum Gasteiger partial charge on any atom is -0.293 e. The summed E-state index contributed by atoms with van der Waals surface area (Å²) in [5.41, 5.74) is 2.03. The Morgan fingerprint density at radius 1 is 1.38 bits per heavy atom. The van der Waals surface area contributed by atoms with Crippen molar-refractivity contribution in [3.63, 3.8) is 0 Å². The number of halogens is 2. The van der Waals surface area contributed by atoms with E-state index in [9.17, 15) is 4.79 Å². The number of ketones is 1. The zero-order chi connectivity index (χ0) is 9.42. The van der Waals surface area contributed by atoms with E-state index in [0.29, 0.717) is 0 Å². The summed E-state index contributed by atoms with van der Waals surface area (Å²) in [5.74, 6) is 0.211. The Labute approximate surface area is 93.8 Å². The predicted molar refractivity (Wildman–Crippen MR) is 59.5 cm³/mol. The van der Waals surface area contributed by atoms with E-state index in [1.807, 2.05) is 18.2 Å². The second-order valence-corrected chi connectivity index (χ2v) is 5.19. The summed E-state index contributed by atoms with van der Waals surface area (Å²) in [7, 11) is 0. The van der Waals surface area contributed by atoms with Crippen molar-refractivity contribution in [2.45, 2.75) is 17.7 Å². The number of hydrogen-bond donors (Lipinski definition) is 0. The monoisotopic (exact) mass is 302 g/mol. The molecule has 0 bridgehead atoms. The molecule has 1 aromatic carbocycles. The van der Waals surface area contributed by atoms with E-state index in [4.69, 9.17) is 0 Å². The summed E-state index contributed by atoms with van der Waals surface area (Å²) in [6.07, 6.45) is 1.90. The fourth-order valence-electron chi connectivity index (χ4n) is 1.58. The van der Waals surface area contributed by atoms with Crippen LogP contribution in [0.2, 0.25) is 0 Å². The molecule has 0 amide bonds. The van der Waals surface area contributed by atoms with Crippen LogP contribution in [0.4, 0.5) is 0 Å². The highest BCUT2D eigenvalue weighted by molar-refractivity contribution is 9.10. The van der Waals surface area contributed by atoms with E-state index in [2.05, 4.69) is 31.9 Å². The molecule has 0 aliphatic heterocycles. The molecular formula is C10H8Br2O. The zero-order valence-electron chi connectivity index (χ0n) is 6.89. The van der Waals surface area contributed by atoms with Gasteiger partial charge in [0.25, 0.3) is 0 Å². The fourth-order valence-corrected chi connectivity index (χ4v) is 2.41. The van der Waals surface area contributed by atoms with E-state index in [-0.39, 0.29) is 10.6 Å². The number of aryl methyl sites for hydroxylation is 1. The lowest BCUT2D eigenvalue weighted by molar-refractivity contribution is 0.0981. The van der Waals surface area contributed by atoms with Crippen LogP contribution in [0.1, 0.15) is 22.3 Å². The van der Waals surface area contributed by atoms with Crippen molar-refractivity contribution in [3.05, 3.63) is 33.8 Å². The summed E-state index contributed by atoms with van der Waals surface area (Å²) in [4.78, 5) is 11.7. The van der Waals surface area contributed by atoms with Crippen LogP contribution < -0.4 is 0 Å². The van der Waals surface area contributed by atoms with Crippen LogP contribution in [0.15, 0.2) is 22.7 Å². The standard InChI is InChI=1S/C10H8Br2O/c11-7-3-1-6-2-4-9(12)10(13)8(6)5-7/h1,3,5,9H,2,4H2/t9-/m0/s1. The molecule has 0 unspecified atom stereocenters. The quantitative estimate of drug-likeness (QED) is 0.672. The molecule has 13 heavy (non-hydrogen) atoms. The first kappa shape index (κ1) is 9.41. The number of carbonyl (C=O) groups excluding carboxylic acids is 1. The molecule has 3 heteroatoms. The second-order valence-electron chi connectivity index (χ2n) is 3.17. The molecule has 1 aliphatic rings. The van der Waals surface area contributed by atoms with Gasteiger partial charge in [0.15, 0.2) is 5.78 Å². The van der Waals surface area contributed by atoms with Crippen LogP contribution in [0, 0.1) is 0 Å². The molecule has 0 radical (unpaired) electrons. The van der Waals surface area contributed by atoms with Crippen LogP contribution in [0.5, 0.6) is 0 Å². The van der Waals surface area contributed by atoms with Gasteiger partial charge >= 0.3 is 0 Å². The van der Waals surface area contributed by atoms with Gasteiger partial charge in [0, 0.05) is 10.0 Å². The van der Waals surface area contributed by atoms with Gasteiger partial charge in [0.05, 0.1) is 4.83 Å². The number of Topliss-reactive ketones (excluding diaryl/α,β-unsaturated/α-hetero) is 1. The maximum atomic E-state index is 11.7. The molecule has 0 spiro atoms. The lowest BCUT2D eigenvalue weighted by Crippen LogP contribution is -2.22. The third-order valence-corrected chi connectivity index (χ3v) is 3.66. The Bertz CT molecular complexity index is 360. The molecule has 0 saturated carbocycles. The topological polar surface area (TPSA) is 17.1 Å². The Hall–Kier alpha value is -0.150. The average Bonchev–Trinajstić information content (AvgIpc) is 2.12. The minimum absolute atomic E-state index is 0.00861. The maximum absolute atomic E-state index is 11.7. The number of fused-ring (bicyclic) bond motifs is 1. The van der Waals surface area contributed by atoms with Gasteiger partial charge in [-0.15, -0.1) is 0 Å². The van der Waals surface area contributed by atoms with E-state index >= 15 is 0 Å².